The molecule has 1 aromatic rings. The molecule has 0 saturated heterocycles. The molecule has 4 heteroatoms. The topological polar surface area (TPSA) is 51.4 Å². The Hall–Kier alpha value is -1.29. The number of aromatic nitrogens is 1. The highest BCUT2D eigenvalue weighted by Crippen LogP contribution is 2.28. The molecule has 16 heavy (non-hydrogen) atoms. The highest BCUT2D eigenvalue weighted by molar-refractivity contribution is 5.43. The summed E-state index contributed by atoms with van der Waals surface area (Å²) >= 11 is 0. The van der Waals surface area contributed by atoms with Crippen molar-refractivity contribution in [2.75, 3.05) is 37.4 Å². The second-order valence-electron chi connectivity index (χ2n) is 4.36. The number of rotatable bonds is 6. The number of ether oxygens (including phenoxy) is 1. The van der Waals surface area contributed by atoms with Crippen molar-refractivity contribution in [3.8, 4) is 0 Å². The van der Waals surface area contributed by atoms with Gasteiger partial charge in [-0.2, -0.15) is 0 Å². The summed E-state index contributed by atoms with van der Waals surface area (Å²) in [4.78, 5) is 6.31. The van der Waals surface area contributed by atoms with Crippen LogP contribution in [0, 0.1) is 5.92 Å². The largest absolute Gasteiger partial charge is 0.384 e. The molecule has 2 N–H and O–H groups in total. The minimum Gasteiger partial charge on any atom is -0.384 e. The fraction of sp³-hybridized carbons (Fsp3) is 0.583. The smallest absolute Gasteiger partial charge is 0.130 e. The van der Waals surface area contributed by atoms with Crippen molar-refractivity contribution >= 4 is 11.6 Å². The number of likely N-dealkylation sites (N-methyl/N-ethyl adjacent to an activating group) is 1. The molecule has 1 fully saturated rings. The van der Waals surface area contributed by atoms with Gasteiger partial charge in [0.2, 0.25) is 0 Å². The summed E-state index contributed by atoms with van der Waals surface area (Å²) in [5, 5.41) is 0. The summed E-state index contributed by atoms with van der Waals surface area (Å²) in [6.45, 7) is 2.52. The second kappa shape index (κ2) is 5.16. The molecule has 4 nitrogen and oxygen atoms in total. The van der Waals surface area contributed by atoms with Crippen LogP contribution in [-0.2, 0) is 4.74 Å². The van der Waals surface area contributed by atoms with Gasteiger partial charge < -0.3 is 15.4 Å². The van der Waals surface area contributed by atoms with Crippen molar-refractivity contribution in [1.29, 1.82) is 0 Å². The highest BCUT2D eigenvalue weighted by Gasteiger charge is 2.20. The average Bonchev–Trinajstić information content (AvgIpc) is 3.08. The van der Waals surface area contributed by atoms with Crippen LogP contribution in [0.1, 0.15) is 12.8 Å². The zero-order chi connectivity index (χ0) is 11.4. The molecule has 88 valence electrons. The van der Waals surface area contributed by atoms with Crippen molar-refractivity contribution in [1.82, 2.24) is 4.98 Å². The zero-order valence-corrected chi connectivity index (χ0v) is 9.72. The first-order chi connectivity index (χ1) is 7.75. The maximum absolute atomic E-state index is 5.63. The summed E-state index contributed by atoms with van der Waals surface area (Å²) in [5.74, 6) is 2.29. The van der Waals surface area contributed by atoms with E-state index in [1.807, 2.05) is 19.2 Å². The number of nitrogens with zero attached hydrogens (tertiary/aromatic N) is 2. The van der Waals surface area contributed by atoms with Crippen molar-refractivity contribution in [3.63, 3.8) is 0 Å². The first-order valence-electron chi connectivity index (χ1n) is 5.77. The second-order valence-corrected chi connectivity index (χ2v) is 4.36. The average molecular weight is 221 g/mol. The Morgan fingerprint density at radius 3 is 3.00 bits per heavy atom. The van der Waals surface area contributed by atoms with Gasteiger partial charge in [-0.25, -0.2) is 4.98 Å². The third kappa shape index (κ3) is 3.38. The van der Waals surface area contributed by atoms with Crippen LogP contribution >= 0.6 is 0 Å². The first-order valence-corrected chi connectivity index (χ1v) is 5.77. The van der Waals surface area contributed by atoms with Crippen LogP contribution in [0.5, 0.6) is 0 Å². The van der Waals surface area contributed by atoms with Crippen LogP contribution in [0.4, 0.5) is 11.6 Å². The summed E-state index contributed by atoms with van der Waals surface area (Å²) in [6, 6.07) is 5.66. The van der Waals surface area contributed by atoms with E-state index in [0.29, 0.717) is 5.82 Å². The number of anilines is 2. The van der Waals surface area contributed by atoms with E-state index in [9.17, 15) is 0 Å². The number of hydrogen-bond donors (Lipinski definition) is 1. The third-order valence-electron chi connectivity index (χ3n) is 2.77. The third-order valence-corrected chi connectivity index (χ3v) is 2.77. The normalized spacial score (nSPS) is 15.1. The first kappa shape index (κ1) is 11.2. The Bertz CT molecular complexity index is 339. The molecule has 0 atom stereocenters. The molecule has 0 radical (unpaired) electrons. The van der Waals surface area contributed by atoms with E-state index in [1.165, 1.54) is 12.8 Å². The van der Waals surface area contributed by atoms with Gasteiger partial charge in [-0.15, -0.1) is 0 Å². The van der Waals surface area contributed by atoms with Crippen LogP contribution in [0.3, 0.4) is 0 Å². The van der Waals surface area contributed by atoms with Crippen molar-refractivity contribution in [2.45, 2.75) is 12.8 Å². The molecule has 0 unspecified atom stereocenters. The maximum atomic E-state index is 5.63. The quantitative estimate of drug-likeness (QED) is 0.740. The van der Waals surface area contributed by atoms with Crippen LogP contribution < -0.4 is 10.6 Å². The predicted molar refractivity (Wildman–Crippen MR) is 65.5 cm³/mol. The van der Waals surface area contributed by atoms with E-state index in [2.05, 4.69) is 9.88 Å². The lowest BCUT2D eigenvalue weighted by molar-refractivity contribution is 0.131. The van der Waals surface area contributed by atoms with Gasteiger partial charge in [-0.3, -0.25) is 0 Å². The van der Waals surface area contributed by atoms with Crippen LogP contribution in [0.15, 0.2) is 18.2 Å². The lowest BCUT2D eigenvalue weighted by Crippen LogP contribution is -2.24. The lowest BCUT2D eigenvalue weighted by Gasteiger charge is -2.18. The molecule has 2 rings (SSSR count). The Kier molecular flexibility index (Phi) is 3.62. The van der Waals surface area contributed by atoms with Gasteiger partial charge >= 0.3 is 0 Å². The van der Waals surface area contributed by atoms with Crippen LogP contribution in [0.25, 0.3) is 0 Å². The molecule has 0 aliphatic heterocycles. The van der Waals surface area contributed by atoms with Crippen molar-refractivity contribution < 1.29 is 4.74 Å². The van der Waals surface area contributed by atoms with Crippen molar-refractivity contribution in [2.24, 2.45) is 5.92 Å². The minimum atomic E-state index is 0.559. The van der Waals surface area contributed by atoms with Gasteiger partial charge in [-0.1, -0.05) is 6.07 Å². The van der Waals surface area contributed by atoms with Crippen molar-refractivity contribution in [3.05, 3.63) is 18.2 Å². The SMILES string of the molecule is CN(CCOCC1CC1)c1cccc(N)n1. The van der Waals surface area contributed by atoms with E-state index in [-0.39, 0.29) is 0 Å². The van der Waals surface area contributed by atoms with E-state index >= 15 is 0 Å². The summed E-state index contributed by atoms with van der Waals surface area (Å²) < 4.78 is 5.58. The van der Waals surface area contributed by atoms with Crippen LogP contribution in [-0.4, -0.2) is 31.8 Å². The van der Waals surface area contributed by atoms with E-state index in [0.717, 1.165) is 31.5 Å². The zero-order valence-electron chi connectivity index (χ0n) is 9.72. The molecule has 0 aromatic carbocycles. The Labute approximate surface area is 96.4 Å². The summed E-state index contributed by atoms with van der Waals surface area (Å²) in [7, 11) is 2.00. The van der Waals surface area contributed by atoms with Gasteiger partial charge in [0.25, 0.3) is 0 Å². The van der Waals surface area contributed by atoms with Crippen LogP contribution in [0.2, 0.25) is 0 Å². The van der Waals surface area contributed by atoms with E-state index in [1.54, 1.807) is 6.07 Å². The lowest BCUT2D eigenvalue weighted by atomic mass is 10.4. The number of hydrogen-bond acceptors (Lipinski definition) is 4. The predicted octanol–water partition coefficient (Wildman–Crippen LogP) is 1.53. The fourth-order valence-corrected chi connectivity index (χ4v) is 1.50. The minimum absolute atomic E-state index is 0.559. The number of nitrogens with two attached hydrogens (primary N) is 1. The molecule has 1 saturated carbocycles. The molecule has 1 aliphatic rings. The molecule has 0 bridgehead atoms. The standard InChI is InChI=1S/C12H19N3O/c1-15(7-8-16-9-10-5-6-10)12-4-2-3-11(13)14-12/h2-4,10H,5-9H2,1H3,(H2,13,14). The van der Waals surface area contributed by atoms with Gasteiger partial charge in [0.05, 0.1) is 6.61 Å². The Balaban J connectivity index is 1.71. The Morgan fingerprint density at radius 1 is 1.50 bits per heavy atom. The van der Waals surface area contributed by atoms with Gasteiger partial charge in [0.1, 0.15) is 11.6 Å². The number of pyridine rings is 1. The van der Waals surface area contributed by atoms with Gasteiger partial charge in [-0.05, 0) is 30.9 Å². The molecule has 1 heterocycles. The highest BCUT2D eigenvalue weighted by atomic mass is 16.5. The maximum Gasteiger partial charge on any atom is 0.130 e. The molecule has 1 aromatic heterocycles. The number of nitrogen functional groups attached to an aromatic ring is 1. The molecule has 0 amide bonds. The van der Waals surface area contributed by atoms with Gasteiger partial charge in [0.15, 0.2) is 0 Å². The summed E-state index contributed by atoms with van der Waals surface area (Å²) in [6.07, 6.45) is 2.68. The van der Waals surface area contributed by atoms with Gasteiger partial charge in [0, 0.05) is 20.2 Å². The molecular weight excluding hydrogens is 202 g/mol. The molecule has 0 spiro atoms. The summed E-state index contributed by atoms with van der Waals surface area (Å²) in [5.41, 5.74) is 5.63. The monoisotopic (exact) mass is 221 g/mol. The fourth-order valence-electron chi connectivity index (χ4n) is 1.50. The molecule has 1 aliphatic carbocycles. The van der Waals surface area contributed by atoms with E-state index in [4.69, 9.17) is 10.5 Å². The Morgan fingerprint density at radius 2 is 2.31 bits per heavy atom. The molecular formula is C12H19N3O. The van der Waals surface area contributed by atoms with E-state index < -0.39 is 0 Å².